The van der Waals surface area contributed by atoms with E-state index in [0.29, 0.717) is 11.4 Å². The van der Waals surface area contributed by atoms with Crippen LogP contribution < -0.4 is 10.6 Å². The molecule has 2 N–H and O–H groups in total. The zero-order valence-electron chi connectivity index (χ0n) is 22.7. The predicted octanol–water partition coefficient (Wildman–Crippen LogP) is 5.67. The molecule has 0 fully saturated rings. The lowest BCUT2D eigenvalue weighted by molar-refractivity contribution is -0.118. The van der Waals surface area contributed by atoms with Crippen molar-refractivity contribution >= 4 is 17.5 Å². The zero-order valence-corrected chi connectivity index (χ0v) is 22.7. The van der Waals surface area contributed by atoms with E-state index in [1.165, 1.54) is 4.68 Å². The molecule has 0 radical (unpaired) electrons. The van der Waals surface area contributed by atoms with E-state index in [0.717, 1.165) is 33.5 Å². The highest BCUT2D eigenvalue weighted by Gasteiger charge is 2.33. The molecule has 7 heteroatoms. The van der Waals surface area contributed by atoms with Crippen molar-refractivity contribution in [3.8, 4) is 11.1 Å². The van der Waals surface area contributed by atoms with Crippen LogP contribution >= 0.6 is 0 Å². The average Bonchev–Trinajstić information content (AvgIpc) is 3.41. The van der Waals surface area contributed by atoms with Crippen LogP contribution in [0.25, 0.3) is 11.1 Å². The molecular formula is C33H31N5O2. The summed E-state index contributed by atoms with van der Waals surface area (Å²) < 4.78 is 1.49. The Kier molecular flexibility index (Phi) is 7.82. The number of rotatable bonds is 8. The Hall–Kier alpha value is -5.04. The molecule has 0 saturated heterocycles. The Balaban J connectivity index is 1.49. The lowest BCUT2D eigenvalue weighted by Crippen LogP contribution is -2.48. The van der Waals surface area contributed by atoms with Crippen molar-refractivity contribution in [3.05, 3.63) is 138 Å². The van der Waals surface area contributed by atoms with Crippen molar-refractivity contribution in [1.82, 2.24) is 20.1 Å². The quantitative estimate of drug-likeness (QED) is 0.271. The van der Waals surface area contributed by atoms with Crippen LogP contribution in [0.3, 0.4) is 0 Å². The van der Waals surface area contributed by atoms with Crippen LogP contribution in [0, 0.1) is 13.8 Å². The second kappa shape index (κ2) is 11.8. The Labute approximate surface area is 233 Å². The van der Waals surface area contributed by atoms with Crippen LogP contribution in [-0.4, -0.2) is 32.6 Å². The summed E-state index contributed by atoms with van der Waals surface area (Å²) >= 11 is 0. The number of carbonyl (C=O) groups excluding carboxylic acids is 2. The first-order valence-corrected chi connectivity index (χ1v) is 13.1. The third kappa shape index (κ3) is 5.68. The first kappa shape index (κ1) is 26.6. The van der Waals surface area contributed by atoms with Crippen molar-refractivity contribution in [2.24, 2.45) is 7.05 Å². The van der Waals surface area contributed by atoms with Gasteiger partial charge in [-0.2, -0.15) is 5.10 Å². The van der Waals surface area contributed by atoms with E-state index in [2.05, 4.69) is 27.6 Å². The van der Waals surface area contributed by atoms with Gasteiger partial charge >= 0.3 is 0 Å². The van der Waals surface area contributed by atoms with Gasteiger partial charge in [0.05, 0.1) is 0 Å². The second-order valence-corrected chi connectivity index (χ2v) is 9.73. The molecule has 1 unspecified atom stereocenters. The summed E-state index contributed by atoms with van der Waals surface area (Å²) in [6, 6.07) is 29.9. The minimum atomic E-state index is -0.906. The molecule has 200 valence electrons. The third-order valence-corrected chi connectivity index (χ3v) is 7.19. The van der Waals surface area contributed by atoms with Crippen molar-refractivity contribution in [3.63, 3.8) is 0 Å². The number of nitrogens with zero attached hydrogens (tertiary/aromatic N) is 3. The molecule has 0 aliphatic heterocycles. The number of aryl methyl sites for hydroxylation is 2. The average molecular weight is 530 g/mol. The Morgan fingerprint density at radius 2 is 1.40 bits per heavy atom. The van der Waals surface area contributed by atoms with Gasteiger partial charge in [0.1, 0.15) is 11.7 Å². The van der Waals surface area contributed by atoms with Crippen LogP contribution in [0.15, 0.2) is 109 Å². The molecule has 40 heavy (non-hydrogen) atoms. The number of carbonyl (C=O) groups is 2. The van der Waals surface area contributed by atoms with Crippen molar-refractivity contribution in [2.45, 2.75) is 25.8 Å². The summed E-state index contributed by atoms with van der Waals surface area (Å²) in [6.07, 6.45) is 3.36. The van der Waals surface area contributed by atoms with Crippen LogP contribution in [0.5, 0.6) is 0 Å². The van der Waals surface area contributed by atoms with Crippen molar-refractivity contribution in [2.75, 3.05) is 5.32 Å². The summed E-state index contributed by atoms with van der Waals surface area (Å²) in [6.45, 7) is 4.04. The lowest BCUT2D eigenvalue weighted by Gasteiger charge is -2.28. The molecule has 1 atom stereocenters. The predicted molar refractivity (Wildman–Crippen MR) is 157 cm³/mol. The highest BCUT2D eigenvalue weighted by molar-refractivity contribution is 6.01. The van der Waals surface area contributed by atoms with Gasteiger partial charge in [-0.3, -0.25) is 19.3 Å². The summed E-state index contributed by atoms with van der Waals surface area (Å²) in [5, 5.41) is 10.2. The van der Waals surface area contributed by atoms with Gasteiger partial charge in [-0.05, 0) is 65.9 Å². The minimum absolute atomic E-state index is 0.322. The molecule has 5 aromatic rings. The lowest BCUT2D eigenvalue weighted by atomic mass is 9.84. The topological polar surface area (TPSA) is 88.9 Å². The first-order valence-electron chi connectivity index (χ1n) is 13.1. The summed E-state index contributed by atoms with van der Waals surface area (Å²) in [7, 11) is 1.70. The minimum Gasteiger partial charge on any atom is -0.338 e. The molecule has 7 nitrogen and oxygen atoms in total. The van der Waals surface area contributed by atoms with Gasteiger partial charge in [0.25, 0.3) is 5.91 Å². The van der Waals surface area contributed by atoms with E-state index >= 15 is 0 Å². The van der Waals surface area contributed by atoms with Crippen molar-refractivity contribution in [1.29, 1.82) is 0 Å². The monoisotopic (exact) mass is 529 g/mol. The van der Waals surface area contributed by atoms with Gasteiger partial charge < -0.3 is 10.6 Å². The number of benzene rings is 3. The third-order valence-electron chi connectivity index (χ3n) is 7.19. The number of hydrogen-bond donors (Lipinski definition) is 2. The molecule has 0 aliphatic rings. The summed E-state index contributed by atoms with van der Waals surface area (Å²) in [5.74, 6) is -1.13. The van der Waals surface area contributed by atoms with E-state index in [4.69, 9.17) is 0 Å². The number of aromatic nitrogens is 3. The molecule has 0 aliphatic carbocycles. The normalized spacial score (nSPS) is 11.7. The van der Waals surface area contributed by atoms with Gasteiger partial charge in [0.2, 0.25) is 5.91 Å². The van der Waals surface area contributed by atoms with Crippen molar-refractivity contribution < 1.29 is 9.59 Å². The number of pyridine rings is 1. The Bertz CT molecular complexity index is 1570. The molecule has 0 bridgehead atoms. The van der Waals surface area contributed by atoms with E-state index in [-0.39, 0.29) is 11.8 Å². The molecule has 5 rings (SSSR count). The van der Waals surface area contributed by atoms with Crippen LogP contribution in [-0.2, 0) is 11.8 Å². The Morgan fingerprint density at radius 1 is 0.775 bits per heavy atom. The van der Waals surface area contributed by atoms with Crippen LogP contribution in [0.1, 0.15) is 38.8 Å². The zero-order chi connectivity index (χ0) is 28.1. The van der Waals surface area contributed by atoms with Gasteiger partial charge in [0, 0.05) is 36.7 Å². The molecule has 2 heterocycles. The molecular weight excluding hydrogens is 498 g/mol. The SMILES string of the molecule is Cc1nccc(-c2ccc(NC(=O)C(NC(=O)c3ccnn3C)C(c3ccccc3)c3ccccc3)cc2)c1C. The molecule has 0 saturated carbocycles. The maximum absolute atomic E-state index is 14.0. The maximum Gasteiger partial charge on any atom is 0.270 e. The fourth-order valence-electron chi connectivity index (χ4n) is 4.92. The standard InChI is InChI=1S/C33H31N5O2/c1-22-23(2)34-20-18-28(22)24-14-16-27(17-15-24)36-33(40)31(37-32(39)29-19-21-35-38(29)3)30(25-10-6-4-7-11-25)26-12-8-5-9-13-26/h4-21,30-31H,1-3H3,(H,36,40)(H,37,39). The number of nitrogens with one attached hydrogen (secondary N) is 2. The molecule has 2 aromatic heterocycles. The van der Waals surface area contributed by atoms with Gasteiger partial charge in [-0.15, -0.1) is 0 Å². The van der Waals surface area contributed by atoms with Crippen LogP contribution in [0.4, 0.5) is 5.69 Å². The highest BCUT2D eigenvalue weighted by Crippen LogP contribution is 2.30. The fourth-order valence-corrected chi connectivity index (χ4v) is 4.92. The summed E-state index contributed by atoms with van der Waals surface area (Å²) in [4.78, 5) is 31.7. The van der Waals surface area contributed by atoms with Crippen LogP contribution in [0.2, 0.25) is 0 Å². The molecule has 3 aromatic carbocycles. The largest absolute Gasteiger partial charge is 0.338 e. The highest BCUT2D eigenvalue weighted by atomic mass is 16.2. The smallest absolute Gasteiger partial charge is 0.270 e. The second-order valence-electron chi connectivity index (χ2n) is 9.73. The van der Waals surface area contributed by atoms with E-state index < -0.39 is 12.0 Å². The Morgan fingerprint density at radius 3 is 1.98 bits per heavy atom. The number of anilines is 1. The number of amides is 2. The number of hydrogen-bond acceptors (Lipinski definition) is 4. The van der Waals surface area contributed by atoms with E-state index in [1.807, 2.05) is 97.9 Å². The van der Waals surface area contributed by atoms with Gasteiger partial charge in [-0.1, -0.05) is 72.8 Å². The van der Waals surface area contributed by atoms with Gasteiger partial charge in [-0.25, -0.2) is 0 Å². The first-order chi connectivity index (χ1) is 19.4. The fraction of sp³-hybridized carbons (Fsp3) is 0.152. The van der Waals surface area contributed by atoms with E-state index in [9.17, 15) is 9.59 Å². The van der Waals surface area contributed by atoms with Gasteiger partial charge in [0.15, 0.2) is 0 Å². The van der Waals surface area contributed by atoms with E-state index in [1.54, 1.807) is 25.5 Å². The molecule has 0 spiro atoms. The summed E-state index contributed by atoms with van der Waals surface area (Å²) in [5.41, 5.74) is 7.06. The maximum atomic E-state index is 14.0. The molecule has 2 amide bonds.